The van der Waals surface area contributed by atoms with E-state index in [0.717, 1.165) is 11.4 Å². The highest BCUT2D eigenvalue weighted by Gasteiger charge is 2.23. The molecule has 1 fully saturated rings. The topological polar surface area (TPSA) is 38.9 Å². The van der Waals surface area contributed by atoms with Crippen LogP contribution < -0.4 is 5.73 Å². The Morgan fingerprint density at radius 3 is 2.59 bits per heavy atom. The molecule has 0 bridgehead atoms. The number of benzene rings is 1. The molecule has 0 spiro atoms. The monoisotopic (exact) mass is 224 g/mol. The summed E-state index contributed by atoms with van der Waals surface area (Å²) >= 11 is 0. The molecule has 2 heteroatoms. The lowest BCUT2D eigenvalue weighted by molar-refractivity contribution is 0.420. The highest BCUT2D eigenvalue weighted by molar-refractivity contribution is 5.75. The van der Waals surface area contributed by atoms with Gasteiger partial charge in [-0.15, -0.1) is 0 Å². The first-order chi connectivity index (χ1) is 8.36. The van der Waals surface area contributed by atoms with Crippen molar-refractivity contribution in [2.45, 2.75) is 25.2 Å². The standard InChI is InChI=1S/C15H16N2/c16-14-9-4-10-17-15(14)13-8-2-1-7-12(13)11-5-3-6-11/h1-2,4,7-11H,3,5-6,16H2. The Morgan fingerprint density at radius 2 is 1.88 bits per heavy atom. The van der Waals surface area contributed by atoms with Crippen molar-refractivity contribution in [3.63, 3.8) is 0 Å². The number of nitrogens with two attached hydrogens (primary N) is 1. The SMILES string of the molecule is Nc1cccnc1-c1ccccc1C1CCC1. The lowest BCUT2D eigenvalue weighted by atomic mass is 9.77. The summed E-state index contributed by atoms with van der Waals surface area (Å²) in [5, 5.41) is 0. The number of anilines is 1. The number of pyridine rings is 1. The summed E-state index contributed by atoms with van der Waals surface area (Å²) in [4.78, 5) is 4.42. The van der Waals surface area contributed by atoms with Gasteiger partial charge in [-0.1, -0.05) is 30.7 Å². The molecule has 1 aromatic heterocycles. The second kappa shape index (κ2) is 4.21. The first-order valence-corrected chi connectivity index (χ1v) is 6.16. The molecule has 1 saturated carbocycles. The maximum atomic E-state index is 6.02. The second-order valence-electron chi connectivity index (χ2n) is 4.66. The van der Waals surface area contributed by atoms with Gasteiger partial charge in [0.05, 0.1) is 11.4 Å². The molecule has 0 radical (unpaired) electrons. The molecule has 2 aromatic rings. The van der Waals surface area contributed by atoms with E-state index in [1.807, 2.05) is 18.3 Å². The number of nitrogen functional groups attached to an aromatic ring is 1. The van der Waals surface area contributed by atoms with E-state index in [2.05, 4.69) is 29.2 Å². The molecule has 1 aliphatic rings. The van der Waals surface area contributed by atoms with Crippen LogP contribution in [0.2, 0.25) is 0 Å². The Labute approximate surface area is 102 Å². The quantitative estimate of drug-likeness (QED) is 0.846. The Kier molecular flexibility index (Phi) is 2.56. The van der Waals surface area contributed by atoms with Crippen LogP contribution in [0.25, 0.3) is 11.3 Å². The van der Waals surface area contributed by atoms with Gasteiger partial charge in [0.1, 0.15) is 0 Å². The molecule has 0 aliphatic heterocycles. The van der Waals surface area contributed by atoms with E-state index in [9.17, 15) is 0 Å². The highest BCUT2D eigenvalue weighted by atomic mass is 14.7. The predicted molar refractivity (Wildman–Crippen MR) is 70.7 cm³/mol. The summed E-state index contributed by atoms with van der Waals surface area (Å²) in [6.45, 7) is 0. The lowest BCUT2D eigenvalue weighted by Crippen LogP contribution is -2.10. The maximum Gasteiger partial charge on any atom is 0.0933 e. The van der Waals surface area contributed by atoms with E-state index in [4.69, 9.17) is 5.73 Å². The van der Waals surface area contributed by atoms with Crippen LogP contribution in [0.3, 0.4) is 0 Å². The minimum absolute atomic E-state index is 0.701. The van der Waals surface area contributed by atoms with E-state index in [1.54, 1.807) is 0 Å². The van der Waals surface area contributed by atoms with Gasteiger partial charge in [0.2, 0.25) is 0 Å². The van der Waals surface area contributed by atoms with Crippen LogP contribution in [0.5, 0.6) is 0 Å². The minimum Gasteiger partial charge on any atom is -0.397 e. The van der Waals surface area contributed by atoms with Gasteiger partial charge in [0.25, 0.3) is 0 Å². The van der Waals surface area contributed by atoms with Crippen LogP contribution in [0, 0.1) is 0 Å². The van der Waals surface area contributed by atoms with Gasteiger partial charge in [-0.2, -0.15) is 0 Å². The first kappa shape index (κ1) is 10.3. The molecule has 0 unspecified atom stereocenters. The normalized spacial score (nSPS) is 15.5. The van der Waals surface area contributed by atoms with Crippen molar-refractivity contribution in [2.24, 2.45) is 0 Å². The second-order valence-corrected chi connectivity index (χ2v) is 4.66. The maximum absolute atomic E-state index is 6.02. The van der Waals surface area contributed by atoms with E-state index < -0.39 is 0 Å². The molecule has 17 heavy (non-hydrogen) atoms. The summed E-state index contributed by atoms with van der Waals surface area (Å²) in [6, 6.07) is 12.3. The van der Waals surface area contributed by atoms with Crippen molar-refractivity contribution < 1.29 is 0 Å². The van der Waals surface area contributed by atoms with Crippen LogP contribution in [-0.2, 0) is 0 Å². The van der Waals surface area contributed by atoms with Gasteiger partial charge in [0, 0.05) is 11.8 Å². The van der Waals surface area contributed by atoms with Gasteiger partial charge in [-0.3, -0.25) is 4.98 Å². The zero-order valence-electron chi connectivity index (χ0n) is 9.76. The number of hydrogen-bond acceptors (Lipinski definition) is 2. The molecule has 0 atom stereocenters. The Bertz CT molecular complexity index is 530. The zero-order chi connectivity index (χ0) is 11.7. The molecule has 86 valence electrons. The van der Waals surface area contributed by atoms with E-state index in [1.165, 1.54) is 30.4 Å². The lowest BCUT2D eigenvalue weighted by Gasteiger charge is -2.28. The molecule has 3 rings (SSSR count). The van der Waals surface area contributed by atoms with Gasteiger partial charge in [-0.25, -0.2) is 0 Å². The third-order valence-electron chi connectivity index (χ3n) is 3.60. The molecular weight excluding hydrogens is 208 g/mol. The third-order valence-corrected chi connectivity index (χ3v) is 3.60. The number of rotatable bonds is 2. The fourth-order valence-electron chi connectivity index (χ4n) is 2.43. The van der Waals surface area contributed by atoms with Gasteiger partial charge in [-0.05, 0) is 36.5 Å². The summed E-state index contributed by atoms with van der Waals surface area (Å²) in [6.07, 6.45) is 5.74. The largest absolute Gasteiger partial charge is 0.397 e. The molecule has 1 heterocycles. The smallest absolute Gasteiger partial charge is 0.0933 e. The zero-order valence-corrected chi connectivity index (χ0v) is 9.76. The van der Waals surface area contributed by atoms with Crippen molar-refractivity contribution in [3.05, 3.63) is 48.2 Å². The average molecular weight is 224 g/mol. The van der Waals surface area contributed by atoms with E-state index >= 15 is 0 Å². The van der Waals surface area contributed by atoms with Crippen molar-refractivity contribution in [1.29, 1.82) is 0 Å². The first-order valence-electron chi connectivity index (χ1n) is 6.16. The van der Waals surface area contributed by atoms with E-state index in [0.29, 0.717) is 5.92 Å². The molecule has 1 aromatic carbocycles. The van der Waals surface area contributed by atoms with Crippen LogP contribution in [0.15, 0.2) is 42.6 Å². The molecular formula is C15H16N2. The molecule has 1 aliphatic carbocycles. The Hall–Kier alpha value is -1.83. The highest BCUT2D eigenvalue weighted by Crippen LogP contribution is 2.41. The van der Waals surface area contributed by atoms with Gasteiger partial charge in [0.15, 0.2) is 0 Å². The van der Waals surface area contributed by atoms with Crippen molar-refractivity contribution >= 4 is 5.69 Å². The predicted octanol–water partition coefficient (Wildman–Crippen LogP) is 3.60. The van der Waals surface area contributed by atoms with Crippen LogP contribution in [0.4, 0.5) is 5.69 Å². The average Bonchev–Trinajstić information content (AvgIpc) is 2.29. The van der Waals surface area contributed by atoms with Gasteiger partial charge >= 0.3 is 0 Å². The van der Waals surface area contributed by atoms with Crippen molar-refractivity contribution in [3.8, 4) is 11.3 Å². The Morgan fingerprint density at radius 1 is 1.06 bits per heavy atom. The number of nitrogens with zero attached hydrogens (tertiary/aromatic N) is 1. The van der Waals surface area contributed by atoms with Gasteiger partial charge < -0.3 is 5.73 Å². The summed E-state index contributed by atoms with van der Waals surface area (Å²) in [5.41, 5.74) is 10.3. The minimum atomic E-state index is 0.701. The fraction of sp³-hybridized carbons (Fsp3) is 0.267. The Balaban J connectivity index is 2.11. The third kappa shape index (κ3) is 1.80. The van der Waals surface area contributed by atoms with Crippen LogP contribution in [0.1, 0.15) is 30.7 Å². The molecule has 2 nitrogen and oxygen atoms in total. The molecule has 0 amide bonds. The molecule has 2 N–H and O–H groups in total. The summed E-state index contributed by atoms with van der Waals surface area (Å²) < 4.78 is 0. The number of hydrogen-bond donors (Lipinski definition) is 1. The van der Waals surface area contributed by atoms with Crippen LogP contribution >= 0.6 is 0 Å². The number of aromatic nitrogens is 1. The molecule has 0 saturated heterocycles. The van der Waals surface area contributed by atoms with Crippen LogP contribution in [-0.4, -0.2) is 4.98 Å². The summed E-state index contributed by atoms with van der Waals surface area (Å²) in [7, 11) is 0. The fourth-order valence-corrected chi connectivity index (χ4v) is 2.43. The van der Waals surface area contributed by atoms with Crippen molar-refractivity contribution in [1.82, 2.24) is 4.98 Å². The van der Waals surface area contributed by atoms with E-state index in [-0.39, 0.29) is 0 Å². The summed E-state index contributed by atoms with van der Waals surface area (Å²) in [5.74, 6) is 0.701. The van der Waals surface area contributed by atoms with Crippen molar-refractivity contribution in [2.75, 3.05) is 5.73 Å².